The van der Waals surface area contributed by atoms with Crippen LogP contribution in [0.25, 0.3) is 178 Å². The first kappa shape index (κ1) is 69.9. The van der Waals surface area contributed by atoms with E-state index >= 15 is 0 Å². The van der Waals surface area contributed by atoms with Gasteiger partial charge in [0.1, 0.15) is 34.2 Å². The summed E-state index contributed by atoms with van der Waals surface area (Å²) < 4.78 is 20.9. The Hall–Kier alpha value is -16.2. The molecule has 5 heterocycles. The van der Waals surface area contributed by atoms with Gasteiger partial charge in [-0.2, -0.15) is 0 Å². The Kier molecular flexibility index (Phi) is 15.7. The van der Waals surface area contributed by atoms with Crippen LogP contribution < -0.4 is 9.47 Å². The Morgan fingerprint density at radius 3 is 1.10 bits per heavy atom. The van der Waals surface area contributed by atoms with E-state index in [4.69, 9.17) is 33.8 Å². The second-order valence-corrected chi connectivity index (χ2v) is 32.4. The molecule has 0 radical (unpaired) electrons. The van der Waals surface area contributed by atoms with Gasteiger partial charge >= 0.3 is 0 Å². The first-order chi connectivity index (χ1) is 60.9. The molecule has 21 aromatic rings. The van der Waals surface area contributed by atoms with Crippen molar-refractivity contribution >= 4 is 32.7 Å². The Labute approximate surface area is 710 Å². The molecule has 1 atom stereocenters. The van der Waals surface area contributed by atoms with E-state index in [1.165, 1.54) is 44.5 Å². The van der Waals surface area contributed by atoms with Crippen molar-refractivity contribution in [3.05, 3.63) is 469 Å². The summed E-state index contributed by atoms with van der Waals surface area (Å²) in [5.41, 5.74) is 34.5. The van der Waals surface area contributed by atoms with Crippen LogP contribution in [0.5, 0.6) is 23.0 Å². The molecule has 0 amide bonds. The molecule has 7 heteroatoms. The number of para-hydroxylation sites is 6. The molecule has 18 aromatic carbocycles. The highest BCUT2D eigenvalue weighted by molar-refractivity contribution is 6.10. The van der Waals surface area contributed by atoms with Crippen LogP contribution in [0.1, 0.15) is 44.5 Å². The van der Waals surface area contributed by atoms with Gasteiger partial charge in [-0.15, -0.1) is 0 Å². The standard InChI is InChI=1S/C116H70N4O3/c1-4-25-71(26-5-1)82-64-65-90(106-70-105(76-29-8-3-9-30-76)119-114(120-106)79-59-53-74(54-60-79)84-36-23-44-101-111(84)122-108-47-20-17-42-99(108)115(101)95-39-14-10-31-87(95)88-32-11-15-40-96(88)115)86-63-61-80(67-93(82)86)81-62-66-98-94(68-81)89-33-12-16-41-97(89)116(98)100-43-18-21-48-109(100)123-112-85(37-24-45-102(112)116)73-51-57-78(58-52-73)113-117-103(75-27-6-2-7-28-75)69-104(118-113)77-55-49-72(50-56-77)83-35-22-38-92-91-34-13-19-46-107(91)121-110(83)92/h1-70H. The molecule has 0 N–H and O–H groups in total. The lowest BCUT2D eigenvalue weighted by Crippen LogP contribution is -2.32. The average Bonchev–Trinajstić information content (AvgIpc) is 1.55. The van der Waals surface area contributed by atoms with E-state index < -0.39 is 10.8 Å². The zero-order chi connectivity index (χ0) is 80.9. The Balaban J connectivity index is 0.570. The second kappa shape index (κ2) is 27.7. The number of hydrogen-bond acceptors (Lipinski definition) is 7. The highest BCUT2D eigenvalue weighted by Crippen LogP contribution is 2.66. The second-order valence-electron chi connectivity index (χ2n) is 32.4. The van der Waals surface area contributed by atoms with Crippen LogP contribution >= 0.6 is 0 Å². The van der Waals surface area contributed by atoms with E-state index in [2.05, 4.69) is 406 Å². The molecular weight excluding hydrogens is 1500 g/mol. The van der Waals surface area contributed by atoms with E-state index in [-0.39, 0.29) is 0 Å². The van der Waals surface area contributed by atoms with Gasteiger partial charge in [0.05, 0.1) is 33.6 Å². The van der Waals surface area contributed by atoms with Gasteiger partial charge in [0.25, 0.3) is 0 Å². The zero-order valence-electron chi connectivity index (χ0n) is 66.4. The van der Waals surface area contributed by atoms with E-state index in [1.807, 2.05) is 18.2 Å². The molecule has 2 aliphatic heterocycles. The van der Waals surface area contributed by atoms with E-state index in [9.17, 15) is 0 Å². The lowest BCUT2D eigenvalue weighted by atomic mass is 9.65. The third-order valence-corrected chi connectivity index (χ3v) is 25.9. The number of aromatic nitrogens is 4. The fraction of sp³-hybridized carbons (Fsp3) is 0.0172. The van der Waals surface area contributed by atoms with Crippen LogP contribution in [0.3, 0.4) is 0 Å². The number of fused-ring (bicyclic) bond motifs is 22. The van der Waals surface area contributed by atoms with E-state index in [1.54, 1.807) is 0 Å². The van der Waals surface area contributed by atoms with Gasteiger partial charge in [-0.1, -0.05) is 382 Å². The van der Waals surface area contributed by atoms with Gasteiger partial charge in [-0.25, -0.2) is 19.9 Å². The summed E-state index contributed by atoms with van der Waals surface area (Å²) >= 11 is 0. The molecule has 0 saturated heterocycles. The molecule has 25 rings (SSSR count). The van der Waals surface area contributed by atoms with Crippen LogP contribution in [0.2, 0.25) is 0 Å². The third kappa shape index (κ3) is 10.8. The molecule has 2 aliphatic carbocycles. The number of ether oxygens (including phenoxy) is 2. The fourth-order valence-corrected chi connectivity index (χ4v) is 20.4. The van der Waals surface area contributed by atoms with Crippen molar-refractivity contribution in [3.8, 4) is 169 Å². The summed E-state index contributed by atoms with van der Waals surface area (Å²) in [4.78, 5) is 21.6. The molecule has 572 valence electrons. The van der Waals surface area contributed by atoms with Crippen LogP contribution in [0, 0.1) is 0 Å². The predicted octanol–water partition coefficient (Wildman–Crippen LogP) is 29.6. The van der Waals surface area contributed by atoms with Crippen LogP contribution in [-0.2, 0) is 10.8 Å². The maximum absolute atomic E-state index is 7.31. The molecule has 7 nitrogen and oxygen atoms in total. The molecule has 4 aliphatic rings. The van der Waals surface area contributed by atoms with Gasteiger partial charge < -0.3 is 13.9 Å². The number of nitrogens with zero attached hydrogens (tertiary/aromatic N) is 4. The number of rotatable bonds is 11. The van der Waals surface area contributed by atoms with E-state index in [0.29, 0.717) is 11.6 Å². The number of hydrogen-bond donors (Lipinski definition) is 0. The monoisotopic (exact) mass is 1570 g/mol. The minimum Gasteiger partial charge on any atom is -0.456 e. The van der Waals surface area contributed by atoms with Gasteiger partial charge in [-0.3, -0.25) is 0 Å². The zero-order valence-corrected chi connectivity index (χ0v) is 66.4. The summed E-state index contributed by atoms with van der Waals surface area (Å²) in [6, 6.07) is 152. The Morgan fingerprint density at radius 2 is 0.537 bits per heavy atom. The predicted molar refractivity (Wildman–Crippen MR) is 497 cm³/mol. The summed E-state index contributed by atoms with van der Waals surface area (Å²) in [7, 11) is 0. The van der Waals surface area contributed by atoms with Crippen molar-refractivity contribution in [2.24, 2.45) is 0 Å². The van der Waals surface area contributed by atoms with Crippen molar-refractivity contribution in [1.29, 1.82) is 0 Å². The smallest absolute Gasteiger partial charge is 0.160 e. The Morgan fingerprint density at radius 1 is 0.179 bits per heavy atom. The fourth-order valence-electron chi connectivity index (χ4n) is 20.4. The first-order valence-corrected chi connectivity index (χ1v) is 41.9. The highest BCUT2D eigenvalue weighted by atomic mass is 16.5. The van der Waals surface area contributed by atoms with Crippen molar-refractivity contribution in [1.82, 2.24) is 19.9 Å². The SMILES string of the molecule is c1ccc(-c2cc(-c3ccc(-c4cccc5c4oc4ccccc45)cc3)nc(-c3ccc(-c4cccc5c4Oc4ccccc4C54c5ccccc5-c5cc(-c6ccc7c(-c8cc(-c9ccccc9)nc(-c9ccc(-c%10cccc%11c%10Oc%10ccccc%10C%11%10c%11ccccc%11-c%11ccccc%11%10)cc9)n8)ccc(-c8ccccc8)c7c6)ccc54)cc3)n2)cc1. The number of benzene rings is 18. The molecule has 1 unspecified atom stereocenters. The number of furan rings is 1. The van der Waals surface area contributed by atoms with Gasteiger partial charge in [0.2, 0.25) is 0 Å². The molecule has 3 aromatic heterocycles. The summed E-state index contributed by atoms with van der Waals surface area (Å²) in [5.74, 6) is 4.62. The van der Waals surface area contributed by atoms with Crippen molar-refractivity contribution < 1.29 is 13.9 Å². The molecule has 0 bridgehead atoms. The molecule has 0 fully saturated rings. The largest absolute Gasteiger partial charge is 0.456 e. The highest BCUT2D eigenvalue weighted by Gasteiger charge is 2.53. The summed E-state index contributed by atoms with van der Waals surface area (Å²) in [6.45, 7) is 0. The molecular formula is C116H70N4O3. The third-order valence-electron chi connectivity index (χ3n) is 25.9. The van der Waals surface area contributed by atoms with Gasteiger partial charge in [0, 0.05) is 83.1 Å². The van der Waals surface area contributed by atoms with E-state index in [0.717, 1.165) is 190 Å². The van der Waals surface area contributed by atoms with Crippen molar-refractivity contribution in [3.63, 3.8) is 0 Å². The average molecular weight is 1570 g/mol. The van der Waals surface area contributed by atoms with Crippen LogP contribution in [0.15, 0.2) is 429 Å². The lowest BCUT2D eigenvalue weighted by Gasteiger charge is -2.40. The molecule has 0 saturated carbocycles. The molecule has 123 heavy (non-hydrogen) atoms. The molecule has 2 spiro atoms. The minimum absolute atomic E-state index is 0.574. The quantitative estimate of drug-likeness (QED) is 0.128. The summed E-state index contributed by atoms with van der Waals surface area (Å²) in [5, 5.41) is 4.41. The van der Waals surface area contributed by atoms with Crippen molar-refractivity contribution in [2.45, 2.75) is 10.8 Å². The van der Waals surface area contributed by atoms with Crippen LogP contribution in [-0.4, -0.2) is 19.9 Å². The topological polar surface area (TPSA) is 83.2 Å². The minimum atomic E-state index is -0.730. The first-order valence-electron chi connectivity index (χ1n) is 41.9. The maximum atomic E-state index is 7.31. The Bertz CT molecular complexity index is 7870. The summed E-state index contributed by atoms with van der Waals surface area (Å²) in [6.07, 6.45) is 0. The normalized spacial score (nSPS) is 13.9. The van der Waals surface area contributed by atoms with Gasteiger partial charge in [-0.05, 0) is 137 Å². The lowest BCUT2D eigenvalue weighted by molar-refractivity contribution is 0.438. The van der Waals surface area contributed by atoms with Crippen molar-refractivity contribution in [2.75, 3.05) is 0 Å². The van der Waals surface area contributed by atoms with Crippen LogP contribution in [0.4, 0.5) is 0 Å². The van der Waals surface area contributed by atoms with Gasteiger partial charge in [0.15, 0.2) is 11.6 Å². The maximum Gasteiger partial charge on any atom is 0.160 e.